The van der Waals surface area contributed by atoms with Crippen LogP contribution in [0.4, 0.5) is 5.69 Å². The Balaban J connectivity index is 2.23. The second-order valence-corrected chi connectivity index (χ2v) is 4.22. The first-order chi connectivity index (χ1) is 8.72. The van der Waals surface area contributed by atoms with E-state index < -0.39 is 0 Å². The summed E-state index contributed by atoms with van der Waals surface area (Å²) in [6.45, 7) is 6.81. The molecule has 0 spiro atoms. The van der Waals surface area contributed by atoms with Gasteiger partial charge in [0.2, 0.25) is 11.6 Å². The average Bonchev–Trinajstić information content (AvgIpc) is 2.42. The van der Waals surface area contributed by atoms with Crippen LogP contribution in [0.3, 0.4) is 0 Å². The molecule has 0 aliphatic carbocycles. The zero-order chi connectivity index (χ0) is 13.0. The Hall–Kier alpha value is -2.19. The average molecular weight is 303 g/mol. The summed E-state index contributed by atoms with van der Waals surface area (Å²) in [6.07, 6.45) is 2.17. The highest BCUT2D eigenvalue weighted by Gasteiger charge is 2.03. The van der Waals surface area contributed by atoms with E-state index in [1.54, 1.807) is 30.3 Å². The van der Waals surface area contributed by atoms with E-state index in [1.807, 2.05) is 0 Å². The van der Waals surface area contributed by atoms with Gasteiger partial charge in [-0.25, -0.2) is 9.83 Å². The molecule has 0 unspecified atom stereocenters. The van der Waals surface area contributed by atoms with Gasteiger partial charge in [0.1, 0.15) is 5.75 Å². The van der Waals surface area contributed by atoms with Crippen LogP contribution in [0.25, 0.3) is 4.85 Å². The molecule has 2 rings (SSSR count). The molecule has 4 nitrogen and oxygen atoms in total. The lowest BCUT2D eigenvalue weighted by Crippen LogP contribution is -1.89. The number of rotatable bonds is 3. The van der Waals surface area contributed by atoms with Gasteiger partial charge in [-0.1, -0.05) is 15.9 Å². The van der Waals surface area contributed by atoms with Crippen molar-refractivity contribution in [3.05, 3.63) is 58.0 Å². The Morgan fingerprint density at radius 3 is 2.78 bits per heavy atom. The Bertz CT molecular complexity index is 618. The van der Waals surface area contributed by atoms with Crippen LogP contribution < -0.4 is 4.74 Å². The third kappa shape index (κ3) is 2.73. The molecular weight excluding hydrogens is 296 g/mol. The maximum Gasteiger partial charge on any atom is 0.216 e. The van der Waals surface area contributed by atoms with Gasteiger partial charge in [-0.05, 0) is 30.3 Å². The minimum atomic E-state index is 0.376. The number of hydrogen-bond donors (Lipinski definition) is 0. The Morgan fingerprint density at radius 2 is 2.17 bits per heavy atom. The second kappa shape index (κ2) is 5.43. The SMILES string of the molecule is [C-]#[N+]c1ccc(Oc2ccc(Br)c(C=O)c2)nc1. The number of aromatic nitrogens is 1. The third-order valence-corrected chi connectivity index (χ3v) is 2.89. The maximum absolute atomic E-state index is 10.8. The molecule has 1 heterocycles. The van der Waals surface area contributed by atoms with Crippen LogP contribution in [0, 0.1) is 6.57 Å². The van der Waals surface area contributed by atoms with Crippen molar-refractivity contribution in [1.29, 1.82) is 0 Å². The van der Waals surface area contributed by atoms with Crippen LogP contribution in [0.1, 0.15) is 10.4 Å². The summed E-state index contributed by atoms with van der Waals surface area (Å²) in [5.74, 6) is 0.893. The lowest BCUT2D eigenvalue weighted by atomic mass is 10.2. The molecule has 0 aliphatic rings. The first-order valence-electron chi connectivity index (χ1n) is 4.99. The zero-order valence-corrected chi connectivity index (χ0v) is 10.7. The number of benzene rings is 1. The molecule has 0 amide bonds. The highest BCUT2D eigenvalue weighted by atomic mass is 79.9. The number of nitrogens with zero attached hydrogens (tertiary/aromatic N) is 2. The first kappa shape index (κ1) is 12.3. The molecule has 5 heteroatoms. The van der Waals surface area contributed by atoms with E-state index in [9.17, 15) is 4.79 Å². The number of aldehydes is 1. The largest absolute Gasteiger partial charge is 0.439 e. The molecule has 0 atom stereocenters. The lowest BCUT2D eigenvalue weighted by molar-refractivity contribution is 0.112. The minimum Gasteiger partial charge on any atom is -0.439 e. The first-order valence-corrected chi connectivity index (χ1v) is 5.78. The van der Waals surface area contributed by atoms with E-state index >= 15 is 0 Å². The molecule has 0 N–H and O–H groups in total. The molecule has 2 aromatic rings. The summed E-state index contributed by atoms with van der Waals surface area (Å²) in [7, 11) is 0. The second-order valence-electron chi connectivity index (χ2n) is 3.37. The van der Waals surface area contributed by atoms with Crippen molar-refractivity contribution in [3.8, 4) is 11.6 Å². The van der Waals surface area contributed by atoms with Crippen LogP contribution >= 0.6 is 15.9 Å². The Kier molecular flexibility index (Phi) is 3.70. The standard InChI is InChI=1S/C13H7BrN2O2/c1-15-10-2-5-13(16-7-10)18-11-3-4-12(14)9(6-11)8-17/h2-8H. The molecule has 1 aromatic heterocycles. The van der Waals surface area contributed by atoms with Gasteiger partial charge in [0.25, 0.3) is 0 Å². The molecule has 0 aliphatic heterocycles. The van der Waals surface area contributed by atoms with E-state index in [0.29, 0.717) is 27.4 Å². The van der Waals surface area contributed by atoms with Gasteiger partial charge >= 0.3 is 0 Å². The van der Waals surface area contributed by atoms with Crippen LogP contribution in [0.5, 0.6) is 11.6 Å². The predicted molar refractivity (Wildman–Crippen MR) is 70.1 cm³/mol. The zero-order valence-electron chi connectivity index (χ0n) is 9.13. The summed E-state index contributed by atoms with van der Waals surface area (Å²) in [6, 6.07) is 8.29. The van der Waals surface area contributed by atoms with Gasteiger partial charge in [0, 0.05) is 16.2 Å². The summed E-state index contributed by atoms with van der Waals surface area (Å²) in [5.41, 5.74) is 0.956. The fourth-order valence-corrected chi connectivity index (χ4v) is 1.64. The fourth-order valence-electron chi connectivity index (χ4n) is 1.30. The predicted octanol–water partition coefficient (Wildman–Crippen LogP) is 4.00. The van der Waals surface area contributed by atoms with Gasteiger partial charge in [0.15, 0.2) is 6.29 Å². The number of carbonyl (C=O) groups is 1. The molecular formula is C13H7BrN2O2. The number of carbonyl (C=O) groups excluding carboxylic acids is 1. The van der Waals surface area contributed by atoms with E-state index in [-0.39, 0.29) is 0 Å². The monoisotopic (exact) mass is 302 g/mol. The van der Waals surface area contributed by atoms with Crippen molar-refractivity contribution in [1.82, 2.24) is 4.98 Å². The van der Waals surface area contributed by atoms with Crippen LogP contribution in [0.2, 0.25) is 0 Å². The van der Waals surface area contributed by atoms with Gasteiger partial charge < -0.3 is 4.74 Å². The van der Waals surface area contributed by atoms with Gasteiger partial charge in [-0.2, -0.15) is 0 Å². The van der Waals surface area contributed by atoms with Crippen molar-refractivity contribution in [3.63, 3.8) is 0 Å². The molecule has 0 fully saturated rings. The van der Waals surface area contributed by atoms with E-state index in [2.05, 4.69) is 25.8 Å². The van der Waals surface area contributed by atoms with Crippen molar-refractivity contribution in [2.24, 2.45) is 0 Å². The van der Waals surface area contributed by atoms with Crippen LogP contribution in [-0.4, -0.2) is 11.3 Å². The summed E-state index contributed by atoms with van der Waals surface area (Å²) >= 11 is 3.26. The number of hydrogen-bond acceptors (Lipinski definition) is 3. The Labute approximate surface area is 112 Å². The number of ether oxygens (including phenoxy) is 1. The van der Waals surface area contributed by atoms with Crippen molar-refractivity contribution in [2.75, 3.05) is 0 Å². The summed E-state index contributed by atoms with van der Waals surface area (Å²) < 4.78 is 6.19. The quantitative estimate of drug-likeness (QED) is 0.636. The fraction of sp³-hybridized carbons (Fsp3) is 0. The number of pyridine rings is 1. The lowest BCUT2D eigenvalue weighted by Gasteiger charge is -2.05. The van der Waals surface area contributed by atoms with Gasteiger partial charge in [-0.3, -0.25) is 4.79 Å². The molecule has 0 bridgehead atoms. The van der Waals surface area contributed by atoms with Crippen LogP contribution in [-0.2, 0) is 0 Å². The normalized spacial score (nSPS) is 9.56. The van der Waals surface area contributed by atoms with E-state index in [1.165, 1.54) is 6.20 Å². The maximum atomic E-state index is 10.8. The van der Waals surface area contributed by atoms with Crippen LogP contribution in [0.15, 0.2) is 41.0 Å². The van der Waals surface area contributed by atoms with E-state index in [0.717, 1.165) is 6.29 Å². The third-order valence-electron chi connectivity index (χ3n) is 2.17. The van der Waals surface area contributed by atoms with Gasteiger partial charge in [-0.15, -0.1) is 0 Å². The number of halogens is 1. The summed E-state index contributed by atoms with van der Waals surface area (Å²) in [4.78, 5) is 18.0. The van der Waals surface area contributed by atoms with Crippen molar-refractivity contribution < 1.29 is 9.53 Å². The molecule has 88 valence electrons. The van der Waals surface area contributed by atoms with E-state index in [4.69, 9.17) is 11.3 Å². The van der Waals surface area contributed by atoms with Crippen molar-refractivity contribution in [2.45, 2.75) is 0 Å². The van der Waals surface area contributed by atoms with Gasteiger partial charge in [0.05, 0.1) is 6.57 Å². The smallest absolute Gasteiger partial charge is 0.216 e. The van der Waals surface area contributed by atoms with Crippen molar-refractivity contribution >= 4 is 27.9 Å². The topological polar surface area (TPSA) is 43.5 Å². The molecule has 18 heavy (non-hydrogen) atoms. The minimum absolute atomic E-state index is 0.376. The highest BCUT2D eigenvalue weighted by molar-refractivity contribution is 9.10. The molecule has 0 saturated carbocycles. The molecule has 0 saturated heterocycles. The summed E-state index contributed by atoms with van der Waals surface area (Å²) in [5, 5.41) is 0. The molecule has 0 radical (unpaired) electrons. The highest BCUT2D eigenvalue weighted by Crippen LogP contribution is 2.25. The molecule has 1 aromatic carbocycles. The Morgan fingerprint density at radius 1 is 1.33 bits per heavy atom.